The number of nitrogens with one attached hydrogen (secondary N) is 2. The molecule has 1 unspecified atom stereocenters. The monoisotopic (exact) mass is 270 g/mol. The van der Waals surface area contributed by atoms with Gasteiger partial charge in [-0.3, -0.25) is 0 Å². The topological polar surface area (TPSA) is 67.4 Å². The zero-order valence-electron chi connectivity index (χ0n) is 10.3. The summed E-state index contributed by atoms with van der Waals surface area (Å²) in [6.07, 6.45) is 0.732. The number of sulfonamides is 1. The molecule has 1 aliphatic heterocycles. The van der Waals surface area contributed by atoms with Gasteiger partial charge in [-0.1, -0.05) is 12.1 Å². The highest BCUT2D eigenvalue weighted by Gasteiger charge is 2.23. The lowest BCUT2D eigenvalue weighted by Crippen LogP contribution is -2.35. The van der Waals surface area contributed by atoms with Crippen LogP contribution in [0.3, 0.4) is 0 Å². The number of hydrogen-bond acceptors (Lipinski definition) is 4. The van der Waals surface area contributed by atoms with Crippen LogP contribution in [-0.2, 0) is 21.3 Å². The SMILES string of the molecule is CNCc1cccc(S(=O)(=O)NC2CCOC2)c1. The summed E-state index contributed by atoms with van der Waals surface area (Å²) in [6, 6.07) is 6.84. The molecule has 0 aromatic heterocycles. The maximum Gasteiger partial charge on any atom is 0.240 e. The van der Waals surface area contributed by atoms with Gasteiger partial charge >= 0.3 is 0 Å². The predicted octanol–water partition coefficient (Wildman–Crippen LogP) is 0.473. The first-order valence-electron chi connectivity index (χ1n) is 5.95. The third-order valence-electron chi connectivity index (χ3n) is 2.84. The van der Waals surface area contributed by atoms with Gasteiger partial charge in [0.25, 0.3) is 0 Å². The van der Waals surface area contributed by atoms with Crippen LogP contribution in [0.4, 0.5) is 0 Å². The van der Waals surface area contributed by atoms with Crippen molar-refractivity contribution < 1.29 is 13.2 Å². The van der Waals surface area contributed by atoms with E-state index in [9.17, 15) is 8.42 Å². The summed E-state index contributed by atoms with van der Waals surface area (Å²) < 4.78 is 32.1. The van der Waals surface area contributed by atoms with E-state index in [0.29, 0.717) is 24.7 Å². The van der Waals surface area contributed by atoms with Gasteiger partial charge in [0.15, 0.2) is 0 Å². The Morgan fingerprint density at radius 3 is 2.94 bits per heavy atom. The van der Waals surface area contributed by atoms with Crippen LogP contribution in [0.25, 0.3) is 0 Å². The van der Waals surface area contributed by atoms with Gasteiger partial charge in [0.05, 0.1) is 11.5 Å². The Hall–Kier alpha value is -0.950. The largest absolute Gasteiger partial charge is 0.380 e. The van der Waals surface area contributed by atoms with E-state index in [1.54, 1.807) is 18.2 Å². The molecule has 0 saturated carbocycles. The van der Waals surface area contributed by atoms with E-state index in [2.05, 4.69) is 10.0 Å². The summed E-state index contributed by atoms with van der Waals surface area (Å²) in [4.78, 5) is 0.308. The van der Waals surface area contributed by atoms with E-state index in [1.165, 1.54) is 0 Å². The first kappa shape index (κ1) is 13.5. The Bertz CT molecular complexity index is 496. The summed E-state index contributed by atoms with van der Waals surface area (Å²) in [5.41, 5.74) is 0.947. The third-order valence-corrected chi connectivity index (χ3v) is 4.36. The van der Waals surface area contributed by atoms with Crippen LogP contribution in [0.1, 0.15) is 12.0 Å². The Morgan fingerprint density at radius 2 is 2.28 bits per heavy atom. The van der Waals surface area contributed by atoms with Crippen molar-refractivity contribution in [1.82, 2.24) is 10.0 Å². The molecule has 6 heteroatoms. The molecular weight excluding hydrogens is 252 g/mol. The van der Waals surface area contributed by atoms with Crippen LogP contribution in [0.15, 0.2) is 29.2 Å². The zero-order chi connectivity index (χ0) is 13.0. The van der Waals surface area contributed by atoms with Crippen molar-refractivity contribution in [3.8, 4) is 0 Å². The van der Waals surface area contributed by atoms with Crippen LogP contribution in [-0.4, -0.2) is 34.7 Å². The Kier molecular flexibility index (Phi) is 4.34. The molecule has 1 heterocycles. The van der Waals surface area contributed by atoms with Crippen molar-refractivity contribution in [3.05, 3.63) is 29.8 Å². The second kappa shape index (κ2) is 5.79. The molecule has 0 bridgehead atoms. The summed E-state index contributed by atoms with van der Waals surface area (Å²) >= 11 is 0. The minimum absolute atomic E-state index is 0.108. The van der Waals surface area contributed by atoms with Crippen molar-refractivity contribution in [2.45, 2.75) is 23.9 Å². The molecule has 1 atom stereocenters. The molecule has 0 aliphatic carbocycles. The highest BCUT2D eigenvalue weighted by Crippen LogP contribution is 2.14. The minimum atomic E-state index is -3.44. The van der Waals surface area contributed by atoms with E-state index >= 15 is 0 Å². The van der Waals surface area contributed by atoms with Crippen LogP contribution in [0, 0.1) is 0 Å². The molecule has 0 radical (unpaired) electrons. The molecule has 100 valence electrons. The molecule has 18 heavy (non-hydrogen) atoms. The maximum absolute atomic E-state index is 12.2. The van der Waals surface area contributed by atoms with Crippen molar-refractivity contribution in [1.29, 1.82) is 0 Å². The quantitative estimate of drug-likeness (QED) is 0.816. The van der Waals surface area contributed by atoms with E-state index in [0.717, 1.165) is 12.0 Å². The smallest absolute Gasteiger partial charge is 0.240 e. The standard InChI is InChI=1S/C12H18N2O3S/c1-13-8-10-3-2-4-12(7-10)18(15,16)14-11-5-6-17-9-11/h2-4,7,11,13-14H,5-6,8-9H2,1H3. The van der Waals surface area contributed by atoms with Gasteiger partial charge in [0.2, 0.25) is 10.0 Å². The first-order valence-corrected chi connectivity index (χ1v) is 7.44. The average Bonchev–Trinajstić information content (AvgIpc) is 2.82. The van der Waals surface area contributed by atoms with Gasteiger partial charge in [-0.2, -0.15) is 0 Å². The molecular formula is C12H18N2O3S. The highest BCUT2D eigenvalue weighted by atomic mass is 32.2. The van der Waals surface area contributed by atoms with Gasteiger partial charge < -0.3 is 10.1 Å². The number of hydrogen-bond donors (Lipinski definition) is 2. The van der Waals surface area contributed by atoms with Crippen LogP contribution >= 0.6 is 0 Å². The van der Waals surface area contributed by atoms with Crippen molar-refractivity contribution in [3.63, 3.8) is 0 Å². The zero-order valence-corrected chi connectivity index (χ0v) is 11.2. The van der Waals surface area contributed by atoms with Crippen molar-refractivity contribution >= 4 is 10.0 Å². The summed E-state index contributed by atoms with van der Waals surface area (Å²) in [5.74, 6) is 0. The van der Waals surface area contributed by atoms with Gasteiger partial charge in [0, 0.05) is 19.2 Å². The Labute approximate surface area is 108 Å². The minimum Gasteiger partial charge on any atom is -0.380 e. The van der Waals surface area contributed by atoms with E-state index in [-0.39, 0.29) is 6.04 Å². The average molecular weight is 270 g/mol. The van der Waals surface area contributed by atoms with Gasteiger partial charge in [0.1, 0.15) is 0 Å². The second-order valence-corrected chi connectivity index (χ2v) is 6.07. The molecule has 1 aliphatic rings. The second-order valence-electron chi connectivity index (χ2n) is 4.36. The highest BCUT2D eigenvalue weighted by molar-refractivity contribution is 7.89. The van der Waals surface area contributed by atoms with Crippen molar-refractivity contribution in [2.75, 3.05) is 20.3 Å². The fourth-order valence-electron chi connectivity index (χ4n) is 1.94. The summed E-state index contributed by atoms with van der Waals surface area (Å²) in [6.45, 7) is 1.72. The van der Waals surface area contributed by atoms with Crippen molar-refractivity contribution in [2.24, 2.45) is 0 Å². The third kappa shape index (κ3) is 3.29. The summed E-state index contributed by atoms with van der Waals surface area (Å²) in [5, 5.41) is 3.00. The molecule has 2 N–H and O–H groups in total. The molecule has 1 aromatic rings. The molecule has 1 fully saturated rings. The Morgan fingerprint density at radius 1 is 1.44 bits per heavy atom. The lowest BCUT2D eigenvalue weighted by molar-refractivity contribution is 0.192. The molecule has 2 rings (SSSR count). The van der Waals surface area contributed by atoms with E-state index in [1.807, 2.05) is 13.1 Å². The summed E-state index contributed by atoms with van der Waals surface area (Å²) in [7, 11) is -1.61. The molecule has 5 nitrogen and oxygen atoms in total. The lowest BCUT2D eigenvalue weighted by Gasteiger charge is -2.12. The van der Waals surface area contributed by atoms with Gasteiger partial charge in [-0.25, -0.2) is 13.1 Å². The fourth-order valence-corrected chi connectivity index (χ4v) is 3.27. The number of benzene rings is 1. The number of ether oxygens (including phenoxy) is 1. The van der Waals surface area contributed by atoms with Crippen LogP contribution in [0.2, 0.25) is 0 Å². The molecule has 0 spiro atoms. The van der Waals surface area contributed by atoms with Crippen LogP contribution in [0.5, 0.6) is 0 Å². The van der Waals surface area contributed by atoms with E-state index < -0.39 is 10.0 Å². The Balaban J connectivity index is 2.15. The maximum atomic E-state index is 12.2. The fraction of sp³-hybridized carbons (Fsp3) is 0.500. The van der Waals surface area contributed by atoms with Gasteiger partial charge in [-0.05, 0) is 31.2 Å². The normalized spacial score (nSPS) is 20.2. The molecule has 1 aromatic carbocycles. The predicted molar refractivity (Wildman–Crippen MR) is 68.8 cm³/mol. The van der Waals surface area contributed by atoms with E-state index in [4.69, 9.17) is 4.74 Å². The van der Waals surface area contributed by atoms with Crippen LogP contribution < -0.4 is 10.0 Å². The van der Waals surface area contributed by atoms with Gasteiger partial charge in [-0.15, -0.1) is 0 Å². The molecule has 1 saturated heterocycles. The lowest BCUT2D eigenvalue weighted by atomic mass is 10.2. The number of rotatable bonds is 5. The molecule has 0 amide bonds. The first-order chi connectivity index (χ1) is 8.62.